The van der Waals surface area contributed by atoms with E-state index in [-0.39, 0.29) is 5.97 Å². The molecule has 2 aromatic carbocycles. The predicted molar refractivity (Wildman–Crippen MR) is 96.6 cm³/mol. The Bertz CT molecular complexity index is 938. The lowest BCUT2D eigenvalue weighted by molar-refractivity contribution is -0.131. The molecule has 1 N–H and O–H groups in total. The summed E-state index contributed by atoms with van der Waals surface area (Å²) in [4.78, 5) is 19.9. The van der Waals surface area contributed by atoms with Gasteiger partial charge < -0.3 is 14.8 Å². The topological polar surface area (TPSA) is 73.3 Å². The van der Waals surface area contributed by atoms with Gasteiger partial charge in [-0.25, -0.2) is 9.97 Å². The van der Waals surface area contributed by atoms with Gasteiger partial charge in [-0.3, -0.25) is 4.79 Å². The van der Waals surface area contributed by atoms with Crippen molar-refractivity contribution in [2.24, 2.45) is 0 Å². The van der Waals surface area contributed by atoms with Gasteiger partial charge in [0.15, 0.2) is 0 Å². The van der Waals surface area contributed by atoms with Gasteiger partial charge >= 0.3 is 5.97 Å². The number of aryl methyl sites for hydroxylation is 1. The highest BCUT2D eigenvalue weighted by molar-refractivity contribution is 5.81. The van der Waals surface area contributed by atoms with E-state index in [1.54, 1.807) is 18.5 Å². The lowest BCUT2D eigenvalue weighted by Gasteiger charge is -2.08. The normalized spacial score (nSPS) is 12.4. The van der Waals surface area contributed by atoms with E-state index >= 15 is 0 Å². The number of nitrogens with zero attached hydrogens (tertiary/aromatic N) is 2. The maximum Gasteiger partial charge on any atom is 0.315 e. The first-order valence-electron chi connectivity index (χ1n) is 8.27. The van der Waals surface area contributed by atoms with Crippen LogP contribution in [0.4, 0.5) is 11.6 Å². The SMILES string of the molecule is Cc1ccc(Nc2ncc(COc3ccc4c(c3)OC(=O)C4)cn2)cc1. The Morgan fingerprint density at radius 2 is 1.88 bits per heavy atom. The molecule has 4 rings (SSSR count). The summed E-state index contributed by atoms with van der Waals surface area (Å²) >= 11 is 0. The Labute approximate surface area is 150 Å². The van der Waals surface area contributed by atoms with Crippen LogP contribution in [-0.2, 0) is 17.8 Å². The molecule has 0 fully saturated rings. The number of hydrogen-bond donors (Lipinski definition) is 1. The van der Waals surface area contributed by atoms with E-state index in [2.05, 4.69) is 15.3 Å². The molecule has 0 bridgehead atoms. The summed E-state index contributed by atoms with van der Waals surface area (Å²) in [7, 11) is 0. The lowest BCUT2D eigenvalue weighted by Crippen LogP contribution is -2.01. The molecule has 1 aromatic heterocycles. The summed E-state index contributed by atoms with van der Waals surface area (Å²) in [6.45, 7) is 2.37. The first-order valence-corrected chi connectivity index (χ1v) is 8.27. The predicted octanol–water partition coefficient (Wildman–Crippen LogP) is 3.57. The molecule has 0 radical (unpaired) electrons. The summed E-state index contributed by atoms with van der Waals surface area (Å²) in [5.74, 6) is 1.51. The summed E-state index contributed by atoms with van der Waals surface area (Å²) < 4.78 is 10.9. The van der Waals surface area contributed by atoms with Crippen molar-refractivity contribution in [3.05, 3.63) is 71.5 Å². The molecular formula is C20H17N3O3. The number of hydrogen-bond acceptors (Lipinski definition) is 6. The lowest BCUT2D eigenvalue weighted by atomic mass is 10.1. The van der Waals surface area contributed by atoms with Crippen LogP contribution in [0.25, 0.3) is 0 Å². The third kappa shape index (κ3) is 3.64. The fraction of sp³-hybridized carbons (Fsp3) is 0.150. The average Bonchev–Trinajstić information content (AvgIpc) is 3.02. The van der Waals surface area contributed by atoms with Crippen LogP contribution in [0, 0.1) is 6.92 Å². The number of nitrogens with one attached hydrogen (secondary N) is 1. The molecule has 0 aliphatic carbocycles. The average molecular weight is 347 g/mol. The van der Waals surface area contributed by atoms with Crippen molar-refractivity contribution >= 4 is 17.6 Å². The number of aromatic nitrogens is 2. The van der Waals surface area contributed by atoms with Gasteiger partial charge in [0.05, 0.1) is 6.42 Å². The summed E-state index contributed by atoms with van der Waals surface area (Å²) in [6.07, 6.45) is 3.76. The van der Waals surface area contributed by atoms with Gasteiger partial charge in [0, 0.05) is 35.3 Å². The Hall–Kier alpha value is -3.41. The van der Waals surface area contributed by atoms with Gasteiger partial charge in [-0.2, -0.15) is 0 Å². The molecule has 0 saturated carbocycles. The molecule has 1 aliphatic heterocycles. The number of carbonyl (C=O) groups excluding carboxylic acids is 1. The molecule has 6 nitrogen and oxygen atoms in total. The highest BCUT2D eigenvalue weighted by atomic mass is 16.5. The maximum atomic E-state index is 11.3. The molecule has 2 heterocycles. The zero-order valence-corrected chi connectivity index (χ0v) is 14.2. The number of rotatable bonds is 5. The molecule has 130 valence electrons. The number of fused-ring (bicyclic) bond motifs is 1. The first kappa shape index (κ1) is 16.1. The van der Waals surface area contributed by atoms with Gasteiger partial charge in [0.25, 0.3) is 0 Å². The van der Waals surface area contributed by atoms with Gasteiger partial charge in [0.2, 0.25) is 5.95 Å². The van der Waals surface area contributed by atoms with Crippen molar-refractivity contribution in [2.75, 3.05) is 5.32 Å². The van der Waals surface area contributed by atoms with Crippen LogP contribution in [0.1, 0.15) is 16.7 Å². The highest BCUT2D eigenvalue weighted by Gasteiger charge is 2.20. The van der Waals surface area contributed by atoms with Crippen LogP contribution in [0.5, 0.6) is 11.5 Å². The number of esters is 1. The first-order chi connectivity index (χ1) is 12.7. The fourth-order valence-electron chi connectivity index (χ4n) is 2.61. The molecule has 3 aromatic rings. The van der Waals surface area contributed by atoms with Crippen molar-refractivity contribution in [3.8, 4) is 11.5 Å². The van der Waals surface area contributed by atoms with E-state index < -0.39 is 0 Å². The Morgan fingerprint density at radius 1 is 1.12 bits per heavy atom. The number of anilines is 2. The minimum Gasteiger partial charge on any atom is -0.489 e. The number of ether oxygens (including phenoxy) is 2. The summed E-state index contributed by atoms with van der Waals surface area (Å²) in [6, 6.07) is 13.4. The minimum atomic E-state index is -0.234. The molecular weight excluding hydrogens is 330 g/mol. The second kappa shape index (κ2) is 6.84. The van der Waals surface area contributed by atoms with Crippen molar-refractivity contribution < 1.29 is 14.3 Å². The Morgan fingerprint density at radius 3 is 2.65 bits per heavy atom. The molecule has 0 unspecified atom stereocenters. The van der Waals surface area contributed by atoms with Crippen molar-refractivity contribution in [3.63, 3.8) is 0 Å². The Balaban J connectivity index is 1.36. The van der Waals surface area contributed by atoms with Crippen molar-refractivity contribution in [1.29, 1.82) is 0 Å². The monoisotopic (exact) mass is 347 g/mol. The van der Waals surface area contributed by atoms with Gasteiger partial charge in [-0.1, -0.05) is 23.8 Å². The van der Waals surface area contributed by atoms with E-state index in [0.717, 1.165) is 16.8 Å². The molecule has 0 spiro atoms. The molecule has 0 atom stereocenters. The second-order valence-corrected chi connectivity index (χ2v) is 6.11. The van der Waals surface area contributed by atoms with E-state index in [1.165, 1.54) is 5.56 Å². The van der Waals surface area contributed by atoms with Crippen LogP contribution >= 0.6 is 0 Å². The van der Waals surface area contributed by atoms with Crippen LogP contribution < -0.4 is 14.8 Å². The van der Waals surface area contributed by atoms with Crippen LogP contribution in [0.15, 0.2) is 54.9 Å². The zero-order valence-electron chi connectivity index (χ0n) is 14.2. The smallest absolute Gasteiger partial charge is 0.315 e. The quantitative estimate of drug-likeness (QED) is 0.562. The molecule has 6 heteroatoms. The van der Waals surface area contributed by atoms with Crippen molar-refractivity contribution in [1.82, 2.24) is 9.97 Å². The minimum absolute atomic E-state index is 0.234. The zero-order chi connectivity index (χ0) is 17.9. The van der Waals surface area contributed by atoms with E-state index in [1.807, 2.05) is 43.3 Å². The fourth-order valence-corrected chi connectivity index (χ4v) is 2.61. The van der Waals surface area contributed by atoms with Crippen LogP contribution in [-0.4, -0.2) is 15.9 Å². The van der Waals surface area contributed by atoms with E-state index in [4.69, 9.17) is 9.47 Å². The van der Waals surface area contributed by atoms with Crippen LogP contribution in [0.2, 0.25) is 0 Å². The standard InChI is InChI=1S/C20H17N3O3/c1-13-2-5-16(6-3-13)23-20-21-10-14(11-22-20)12-25-17-7-4-15-8-19(24)26-18(15)9-17/h2-7,9-11H,8,12H2,1H3,(H,21,22,23). The molecule has 26 heavy (non-hydrogen) atoms. The molecule has 0 saturated heterocycles. The van der Waals surface area contributed by atoms with Gasteiger partial charge in [0.1, 0.15) is 18.1 Å². The Kier molecular flexibility index (Phi) is 4.23. The van der Waals surface area contributed by atoms with Gasteiger partial charge in [-0.15, -0.1) is 0 Å². The molecule has 1 aliphatic rings. The van der Waals surface area contributed by atoms with E-state index in [0.29, 0.717) is 30.5 Å². The summed E-state index contributed by atoms with van der Waals surface area (Å²) in [5, 5.41) is 3.15. The largest absolute Gasteiger partial charge is 0.489 e. The second-order valence-electron chi connectivity index (χ2n) is 6.11. The maximum absolute atomic E-state index is 11.3. The van der Waals surface area contributed by atoms with Crippen molar-refractivity contribution in [2.45, 2.75) is 20.0 Å². The third-order valence-corrected chi connectivity index (χ3v) is 4.02. The molecule has 0 amide bonds. The van der Waals surface area contributed by atoms with Crippen LogP contribution in [0.3, 0.4) is 0 Å². The van der Waals surface area contributed by atoms with Gasteiger partial charge in [-0.05, 0) is 25.1 Å². The number of carbonyl (C=O) groups is 1. The third-order valence-electron chi connectivity index (χ3n) is 4.02. The summed E-state index contributed by atoms with van der Waals surface area (Å²) in [5.41, 5.74) is 3.87. The number of benzene rings is 2. The highest BCUT2D eigenvalue weighted by Crippen LogP contribution is 2.30. The van der Waals surface area contributed by atoms with E-state index in [9.17, 15) is 4.79 Å².